The third kappa shape index (κ3) is 3.87. The number of amides is 1. The van der Waals surface area contributed by atoms with E-state index in [9.17, 15) is 13.2 Å². The van der Waals surface area contributed by atoms with Crippen molar-refractivity contribution in [2.24, 2.45) is 0 Å². The molecule has 6 nitrogen and oxygen atoms in total. The third-order valence-electron chi connectivity index (χ3n) is 3.25. The van der Waals surface area contributed by atoms with E-state index in [2.05, 4.69) is 15.8 Å². The predicted molar refractivity (Wildman–Crippen MR) is 100 cm³/mol. The van der Waals surface area contributed by atoms with Crippen LogP contribution in [-0.2, 0) is 9.84 Å². The van der Waals surface area contributed by atoms with Gasteiger partial charge in [-0.1, -0.05) is 40.6 Å². The van der Waals surface area contributed by atoms with Crippen LogP contribution >= 0.6 is 34.5 Å². The van der Waals surface area contributed by atoms with Crippen LogP contribution in [-0.4, -0.2) is 25.6 Å². The average molecular weight is 416 g/mol. The van der Waals surface area contributed by atoms with Gasteiger partial charge in [-0.25, -0.2) is 13.4 Å². The van der Waals surface area contributed by atoms with Crippen molar-refractivity contribution in [3.8, 4) is 0 Å². The lowest BCUT2D eigenvalue weighted by atomic mass is 10.2. The van der Waals surface area contributed by atoms with Gasteiger partial charge in [0.1, 0.15) is 5.52 Å². The molecule has 0 bridgehead atoms. The topological polar surface area (TPSA) is 88.2 Å². The number of carbonyl (C=O) groups is 1. The smallest absolute Gasteiger partial charge is 0.269 e. The standard InChI is InChI=1S/C15H11Cl2N3O3S2/c1-25(22,23)9-4-2-3-8(7-9)14(21)19-20-15-18-12-10(16)5-6-11(17)13(12)24-15/h2-7H,1H3,(H,18,20)(H,19,21). The molecule has 0 saturated carbocycles. The van der Waals surface area contributed by atoms with Crippen LogP contribution in [0.15, 0.2) is 41.3 Å². The number of carbonyl (C=O) groups excluding carboxylic acids is 1. The molecule has 0 fully saturated rings. The van der Waals surface area contributed by atoms with Crippen molar-refractivity contribution in [3.63, 3.8) is 0 Å². The van der Waals surface area contributed by atoms with E-state index in [0.717, 1.165) is 6.26 Å². The van der Waals surface area contributed by atoms with Gasteiger partial charge >= 0.3 is 0 Å². The van der Waals surface area contributed by atoms with Crippen LogP contribution in [0.4, 0.5) is 5.13 Å². The maximum absolute atomic E-state index is 12.2. The first-order valence-electron chi connectivity index (χ1n) is 6.87. The highest BCUT2D eigenvalue weighted by Gasteiger charge is 2.13. The Hall–Kier alpha value is -1.87. The van der Waals surface area contributed by atoms with E-state index in [0.29, 0.717) is 25.4 Å². The number of sulfone groups is 1. The molecule has 0 aliphatic heterocycles. The zero-order valence-electron chi connectivity index (χ0n) is 12.7. The summed E-state index contributed by atoms with van der Waals surface area (Å²) < 4.78 is 23.8. The van der Waals surface area contributed by atoms with Crippen molar-refractivity contribution in [1.29, 1.82) is 0 Å². The van der Waals surface area contributed by atoms with Crippen molar-refractivity contribution in [1.82, 2.24) is 10.4 Å². The Bertz CT molecular complexity index is 1040. The Kier molecular flexibility index (Phi) is 4.88. The number of benzene rings is 2. The molecule has 0 atom stereocenters. The minimum Gasteiger partial charge on any atom is -0.273 e. The second-order valence-corrected chi connectivity index (χ2v) is 8.93. The van der Waals surface area contributed by atoms with E-state index in [1.54, 1.807) is 12.1 Å². The monoisotopic (exact) mass is 415 g/mol. The maximum Gasteiger partial charge on any atom is 0.269 e. The lowest BCUT2D eigenvalue weighted by Gasteiger charge is -2.06. The molecule has 2 aromatic carbocycles. The van der Waals surface area contributed by atoms with Crippen LogP contribution in [0.1, 0.15) is 10.4 Å². The summed E-state index contributed by atoms with van der Waals surface area (Å²) in [6.07, 6.45) is 1.08. The highest BCUT2D eigenvalue weighted by atomic mass is 35.5. The van der Waals surface area contributed by atoms with Gasteiger partial charge in [0, 0.05) is 11.8 Å². The van der Waals surface area contributed by atoms with Crippen molar-refractivity contribution >= 4 is 65.6 Å². The maximum atomic E-state index is 12.2. The number of fused-ring (bicyclic) bond motifs is 1. The molecule has 0 radical (unpaired) electrons. The highest BCUT2D eigenvalue weighted by molar-refractivity contribution is 7.90. The lowest BCUT2D eigenvalue weighted by molar-refractivity contribution is 0.0962. The molecular weight excluding hydrogens is 405 g/mol. The summed E-state index contributed by atoms with van der Waals surface area (Å²) in [5.41, 5.74) is 5.90. The van der Waals surface area contributed by atoms with E-state index < -0.39 is 15.7 Å². The van der Waals surface area contributed by atoms with E-state index in [-0.39, 0.29) is 10.5 Å². The van der Waals surface area contributed by atoms with Crippen molar-refractivity contribution in [3.05, 3.63) is 52.0 Å². The van der Waals surface area contributed by atoms with E-state index in [1.807, 2.05) is 0 Å². The zero-order chi connectivity index (χ0) is 18.2. The number of nitrogens with zero attached hydrogens (tertiary/aromatic N) is 1. The molecule has 130 valence electrons. The van der Waals surface area contributed by atoms with Crippen LogP contribution in [0.2, 0.25) is 10.0 Å². The Morgan fingerprint density at radius 1 is 1.16 bits per heavy atom. The van der Waals surface area contributed by atoms with Gasteiger partial charge in [0.25, 0.3) is 5.91 Å². The Morgan fingerprint density at radius 2 is 1.88 bits per heavy atom. The van der Waals surface area contributed by atoms with Gasteiger partial charge in [0.15, 0.2) is 9.84 Å². The number of halogens is 2. The van der Waals surface area contributed by atoms with Crippen LogP contribution < -0.4 is 10.9 Å². The normalized spacial score (nSPS) is 11.5. The molecule has 3 rings (SSSR count). The fourth-order valence-electron chi connectivity index (χ4n) is 2.05. The fourth-order valence-corrected chi connectivity index (χ4v) is 4.09. The van der Waals surface area contributed by atoms with Crippen LogP contribution in [0.3, 0.4) is 0 Å². The molecular formula is C15H11Cl2N3O3S2. The SMILES string of the molecule is CS(=O)(=O)c1cccc(C(=O)NNc2nc3c(Cl)ccc(Cl)c3s2)c1. The van der Waals surface area contributed by atoms with Crippen molar-refractivity contribution in [2.45, 2.75) is 4.90 Å². The minimum absolute atomic E-state index is 0.0682. The first-order valence-corrected chi connectivity index (χ1v) is 10.3. The van der Waals surface area contributed by atoms with Gasteiger partial charge in [-0.2, -0.15) is 0 Å². The molecule has 25 heavy (non-hydrogen) atoms. The summed E-state index contributed by atoms with van der Waals surface area (Å²) in [4.78, 5) is 16.5. The number of hydrogen-bond acceptors (Lipinski definition) is 6. The molecule has 2 N–H and O–H groups in total. The first kappa shape index (κ1) is 17.9. The van der Waals surface area contributed by atoms with Gasteiger partial charge in [0.05, 0.1) is 19.6 Å². The molecule has 0 unspecified atom stereocenters. The Labute approximate surface area is 157 Å². The number of rotatable bonds is 4. The number of hydrazine groups is 1. The van der Waals surface area contributed by atoms with Crippen LogP contribution in [0.25, 0.3) is 10.2 Å². The first-order chi connectivity index (χ1) is 11.8. The Balaban J connectivity index is 1.79. The lowest BCUT2D eigenvalue weighted by Crippen LogP contribution is -2.29. The summed E-state index contributed by atoms with van der Waals surface area (Å²) in [5.74, 6) is -0.498. The third-order valence-corrected chi connectivity index (χ3v) is 6.10. The van der Waals surface area contributed by atoms with Crippen molar-refractivity contribution < 1.29 is 13.2 Å². The molecule has 1 aromatic heterocycles. The summed E-state index contributed by atoms with van der Waals surface area (Å²) in [6.45, 7) is 0. The van der Waals surface area contributed by atoms with Crippen molar-refractivity contribution in [2.75, 3.05) is 11.7 Å². The number of hydrogen-bond donors (Lipinski definition) is 2. The number of thiazole rings is 1. The Morgan fingerprint density at radius 3 is 2.56 bits per heavy atom. The second kappa shape index (κ2) is 6.80. The quantitative estimate of drug-likeness (QED) is 0.633. The summed E-state index contributed by atoms with van der Waals surface area (Å²) in [6, 6.07) is 9.06. The van der Waals surface area contributed by atoms with Gasteiger partial charge in [-0.15, -0.1) is 0 Å². The summed E-state index contributed by atoms with van der Waals surface area (Å²) >= 11 is 13.4. The average Bonchev–Trinajstić information content (AvgIpc) is 3.01. The van der Waals surface area contributed by atoms with E-state index in [4.69, 9.17) is 23.2 Å². The zero-order valence-corrected chi connectivity index (χ0v) is 15.9. The largest absolute Gasteiger partial charge is 0.273 e. The second-order valence-electron chi connectivity index (χ2n) is 5.11. The van der Waals surface area contributed by atoms with E-state index >= 15 is 0 Å². The molecule has 0 aliphatic rings. The molecule has 1 amide bonds. The fraction of sp³-hybridized carbons (Fsp3) is 0.0667. The molecule has 3 aromatic rings. The number of nitrogens with one attached hydrogen (secondary N) is 2. The number of anilines is 1. The molecule has 0 saturated heterocycles. The molecule has 1 heterocycles. The molecule has 0 aliphatic carbocycles. The minimum atomic E-state index is -3.39. The predicted octanol–water partition coefficient (Wildman–Crippen LogP) is 3.76. The van der Waals surface area contributed by atoms with Gasteiger partial charge in [-0.3, -0.25) is 15.6 Å². The van der Waals surface area contributed by atoms with Gasteiger partial charge < -0.3 is 0 Å². The highest BCUT2D eigenvalue weighted by Crippen LogP contribution is 2.35. The molecule has 10 heteroatoms. The van der Waals surface area contributed by atoms with Crippen LogP contribution in [0.5, 0.6) is 0 Å². The van der Waals surface area contributed by atoms with Gasteiger partial charge in [0.2, 0.25) is 5.13 Å². The van der Waals surface area contributed by atoms with Gasteiger partial charge in [-0.05, 0) is 30.3 Å². The number of aromatic nitrogens is 1. The molecule has 0 spiro atoms. The van der Waals surface area contributed by atoms with E-state index in [1.165, 1.54) is 35.6 Å². The van der Waals surface area contributed by atoms with Crippen LogP contribution in [0, 0.1) is 0 Å². The summed E-state index contributed by atoms with van der Waals surface area (Å²) in [5, 5.41) is 1.37. The summed E-state index contributed by atoms with van der Waals surface area (Å²) in [7, 11) is -3.39.